The van der Waals surface area contributed by atoms with Crippen LogP contribution in [0, 0.1) is 5.41 Å². The van der Waals surface area contributed by atoms with Crippen LogP contribution in [0.15, 0.2) is 75.5 Å². The van der Waals surface area contributed by atoms with Crippen LogP contribution in [0.4, 0.5) is 0 Å². The molecular weight excluding hydrogens is 715 g/mol. The van der Waals surface area contributed by atoms with Crippen molar-refractivity contribution in [1.82, 2.24) is 29.5 Å². The van der Waals surface area contributed by atoms with Gasteiger partial charge in [0.15, 0.2) is 5.96 Å². The van der Waals surface area contributed by atoms with Crippen molar-refractivity contribution in [2.75, 3.05) is 39.3 Å². The molecule has 4 aromatic rings. The number of aliphatic hydroxyl groups is 1. The van der Waals surface area contributed by atoms with Crippen LogP contribution in [-0.4, -0.2) is 83.7 Å². The fourth-order valence-electron chi connectivity index (χ4n) is 6.64. The highest BCUT2D eigenvalue weighted by molar-refractivity contribution is 7.89. The molecule has 0 spiro atoms. The van der Waals surface area contributed by atoms with Gasteiger partial charge in [-0.3, -0.25) is 9.56 Å². The van der Waals surface area contributed by atoms with Crippen LogP contribution in [-0.2, 0) is 27.4 Å². The lowest BCUT2D eigenvalue weighted by atomic mass is 9.87. The van der Waals surface area contributed by atoms with Crippen LogP contribution in [0.5, 0.6) is 0 Å². The summed E-state index contributed by atoms with van der Waals surface area (Å²) in [4.78, 5) is 24.3. The van der Waals surface area contributed by atoms with Crippen molar-refractivity contribution in [3.05, 3.63) is 88.1 Å². The van der Waals surface area contributed by atoms with E-state index < -0.39 is 10.0 Å². The Morgan fingerprint density at radius 2 is 1.67 bits per heavy atom. The van der Waals surface area contributed by atoms with Crippen LogP contribution in [0.2, 0.25) is 0 Å². The summed E-state index contributed by atoms with van der Waals surface area (Å²) >= 11 is 0. The van der Waals surface area contributed by atoms with E-state index in [0.29, 0.717) is 23.6 Å². The quantitative estimate of drug-likeness (QED) is 0.0653. The lowest BCUT2D eigenvalue weighted by Gasteiger charge is -2.36. The fourth-order valence-corrected chi connectivity index (χ4v) is 8.44. The van der Waals surface area contributed by atoms with Gasteiger partial charge in [-0.05, 0) is 98.6 Å². The predicted molar refractivity (Wildman–Crippen MR) is 221 cm³/mol. The highest BCUT2D eigenvalue weighted by Crippen LogP contribution is 2.47. The van der Waals surface area contributed by atoms with Crippen LogP contribution in [0.25, 0.3) is 16.7 Å². The SMILES string of the molecule is CC(C)(C)c1cc2cn(-c3ccc(CNCCCN=C(N)N)cc3)c(=O)nc2[nH]1.CC(C)(C)c1ccc(S(=O)(=O)N(CC2(CO)CC2)C2CCNCC2)cc1. The summed E-state index contributed by atoms with van der Waals surface area (Å²) in [7, 11) is -3.57. The number of nitrogens with one attached hydrogen (secondary N) is 3. The van der Waals surface area contributed by atoms with Crippen molar-refractivity contribution in [3.63, 3.8) is 0 Å². The molecule has 1 aliphatic heterocycles. The number of guanidine groups is 1. The van der Waals surface area contributed by atoms with Gasteiger partial charge in [-0.1, -0.05) is 65.8 Å². The molecule has 0 bridgehead atoms. The van der Waals surface area contributed by atoms with E-state index in [1.807, 2.05) is 42.6 Å². The lowest BCUT2D eigenvalue weighted by molar-refractivity contribution is 0.159. The molecule has 0 atom stereocenters. The van der Waals surface area contributed by atoms with E-state index in [9.17, 15) is 18.3 Å². The summed E-state index contributed by atoms with van der Waals surface area (Å²) in [6.45, 7) is 17.1. The molecule has 13 nitrogen and oxygen atoms in total. The number of H-pyrrole nitrogens is 1. The van der Waals surface area contributed by atoms with E-state index in [-0.39, 0.29) is 40.5 Å². The number of nitrogens with zero attached hydrogens (tertiary/aromatic N) is 4. The molecule has 300 valence electrons. The third kappa shape index (κ3) is 11.0. The zero-order valence-corrected chi connectivity index (χ0v) is 34.2. The van der Waals surface area contributed by atoms with Crippen molar-refractivity contribution in [2.45, 2.75) is 102 Å². The second kappa shape index (κ2) is 17.4. The van der Waals surface area contributed by atoms with Gasteiger partial charge in [-0.2, -0.15) is 9.29 Å². The first kappa shape index (κ1) is 42.1. The Morgan fingerprint density at radius 1 is 1.02 bits per heavy atom. The Labute approximate surface area is 326 Å². The second-order valence-corrected chi connectivity index (χ2v) is 19.0. The molecule has 1 saturated heterocycles. The molecular formula is C41H61N9O4S. The van der Waals surface area contributed by atoms with E-state index in [1.165, 1.54) is 0 Å². The molecule has 14 heteroatoms. The lowest BCUT2D eigenvalue weighted by Crippen LogP contribution is -2.48. The maximum atomic E-state index is 13.4. The van der Waals surface area contributed by atoms with Gasteiger partial charge in [0, 0.05) is 60.4 Å². The molecule has 2 aliphatic rings. The molecule has 55 heavy (non-hydrogen) atoms. The number of aromatic amines is 1. The summed E-state index contributed by atoms with van der Waals surface area (Å²) in [6, 6.07) is 17.3. The van der Waals surface area contributed by atoms with Gasteiger partial charge in [-0.15, -0.1) is 0 Å². The van der Waals surface area contributed by atoms with Gasteiger partial charge >= 0.3 is 5.69 Å². The first-order valence-electron chi connectivity index (χ1n) is 19.3. The molecule has 3 heterocycles. The first-order valence-corrected chi connectivity index (χ1v) is 20.8. The second-order valence-electron chi connectivity index (χ2n) is 17.1. The number of aliphatic imine (C=N–C) groups is 1. The molecule has 0 amide bonds. The Kier molecular flexibility index (Phi) is 13.3. The van der Waals surface area contributed by atoms with Crippen molar-refractivity contribution in [2.24, 2.45) is 21.9 Å². The number of benzene rings is 2. The number of hydrogen-bond acceptors (Lipinski definition) is 8. The number of sulfonamides is 1. The van der Waals surface area contributed by atoms with Gasteiger partial charge in [0.25, 0.3) is 0 Å². The molecule has 8 N–H and O–H groups in total. The van der Waals surface area contributed by atoms with Gasteiger partial charge in [0.1, 0.15) is 5.65 Å². The van der Waals surface area contributed by atoms with E-state index >= 15 is 0 Å². The van der Waals surface area contributed by atoms with Gasteiger partial charge < -0.3 is 32.2 Å². The number of aliphatic hydroxyl groups excluding tert-OH is 1. The number of hydrogen-bond donors (Lipinski definition) is 6. The summed E-state index contributed by atoms with van der Waals surface area (Å²) in [5, 5.41) is 17.3. The highest BCUT2D eigenvalue weighted by Gasteiger charge is 2.47. The monoisotopic (exact) mass is 775 g/mol. The van der Waals surface area contributed by atoms with E-state index in [0.717, 1.165) is 86.2 Å². The average Bonchev–Trinajstić information content (AvgIpc) is 3.80. The summed E-state index contributed by atoms with van der Waals surface area (Å²) < 4.78 is 30.1. The number of nitrogens with two attached hydrogens (primary N) is 2. The minimum Gasteiger partial charge on any atom is -0.396 e. The Hall–Kier alpha value is -4.08. The summed E-state index contributed by atoms with van der Waals surface area (Å²) in [6.07, 6.45) is 6.16. The molecule has 0 unspecified atom stereocenters. The third-order valence-electron chi connectivity index (χ3n) is 10.5. The number of rotatable bonds is 13. The topological polar surface area (TPSA) is 197 Å². The molecule has 6 rings (SSSR count). The van der Waals surface area contributed by atoms with Crippen LogP contribution in [0.1, 0.15) is 90.5 Å². The van der Waals surface area contributed by atoms with Crippen molar-refractivity contribution in [1.29, 1.82) is 0 Å². The molecule has 1 aliphatic carbocycles. The summed E-state index contributed by atoms with van der Waals surface area (Å²) in [5.41, 5.74) is 14.7. The maximum Gasteiger partial charge on any atom is 0.354 e. The van der Waals surface area contributed by atoms with Gasteiger partial charge in [0.05, 0.1) is 10.6 Å². The molecule has 2 aromatic heterocycles. The minimum atomic E-state index is -3.57. The molecule has 2 aromatic carbocycles. The van der Waals surface area contributed by atoms with Crippen LogP contribution >= 0.6 is 0 Å². The number of aromatic nitrogens is 3. The van der Waals surface area contributed by atoms with E-state index in [2.05, 4.69) is 73.2 Å². The van der Waals surface area contributed by atoms with Gasteiger partial charge in [0.2, 0.25) is 10.0 Å². The highest BCUT2D eigenvalue weighted by atomic mass is 32.2. The average molecular weight is 776 g/mol. The Bertz CT molecular complexity index is 2060. The van der Waals surface area contributed by atoms with Crippen molar-refractivity contribution < 1.29 is 13.5 Å². The minimum absolute atomic E-state index is 0.00701. The van der Waals surface area contributed by atoms with Crippen LogP contribution < -0.4 is 27.8 Å². The standard InChI is InChI=1S/C21H29N7O.C20H32N2O3S/c1-21(2,3)17-11-15-13-28(20(29)27-18(15)26-17)16-7-5-14(6-8-16)12-24-9-4-10-25-19(22)23;1-19(2,3)16-4-6-18(7-5-16)26(24,25)22(14-20(15-23)10-11-20)17-8-12-21-13-9-17/h5-8,11,13,24H,4,9-10,12H2,1-3H3,(H4,22,23,25)(H,26,27,29);4-7,17,21,23H,8-15H2,1-3H3. The number of fused-ring (bicyclic) bond motifs is 1. The van der Waals surface area contributed by atoms with Crippen LogP contribution in [0.3, 0.4) is 0 Å². The number of piperidine rings is 1. The van der Waals surface area contributed by atoms with E-state index in [1.54, 1.807) is 21.0 Å². The Morgan fingerprint density at radius 3 is 2.24 bits per heavy atom. The van der Waals surface area contributed by atoms with Gasteiger partial charge in [-0.25, -0.2) is 13.2 Å². The third-order valence-corrected chi connectivity index (χ3v) is 12.4. The molecule has 1 saturated carbocycles. The normalized spacial score (nSPS) is 16.1. The van der Waals surface area contributed by atoms with Crippen molar-refractivity contribution >= 4 is 27.0 Å². The zero-order chi connectivity index (χ0) is 40.0. The largest absolute Gasteiger partial charge is 0.396 e. The maximum absolute atomic E-state index is 13.4. The Balaban J connectivity index is 0.000000212. The van der Waals surface area contributed by atoms with Crippen molar-refractivity contribution in [3.8, 4) is 5.69 Å². The predicted octanol–water partition coefficient (Wildman–Crippen LogP) is 4.26. The molecule has 0 radical (unpaired) electrons. The fraction of sp³-hybridized carbons (Fsp3) is 0.537. The smallest absolute Gasteiger partial charge is 0.354 e. The zero-order valence-electron chi connectivity index (χ0n) is 33.4. The first-order chi connectivity index (χ1) is 25.9. The van der Waals surface area contributed by atoms with E-state index in [4.69, 9.17) is 11.5 Å². The molecule has 2 fully saturated rings. The summed E-state index contributed by atoms with van der Waals surface area (Å²) in [5.74, 6) is 0.123.